The van der Waals surface area contributed by atoms with Gasteiger partial charge in [-0.05, 0) is 36.6 Å². The molecule has 4 N–H and O–H groups in total. The maximum absolute atomic E-state index is 11.5. The maximum Gasteiger partial charge on any atom is 0.248 e. The fourth-order valence-corrected chi connectivity index (χ4v) is 3.01. The number of H-pyrrole nitrogens is 1. The Bertz CT molecular complexity index is 906. The van der Waals surface area contributed by atoms with E-state index in [1.165, 1.54) is 17.7 Å². The molecule has 1 unspecified atom stereocenters. The van der Waals surface area contributed by atoms with Crippen LogP contribution >= 0.6 is 0 Å². The van der Waals surface area contributed by atoms with Crippen LogP contribution in [-0.4, -0.2) is 27.8 Å². The third-order valence-electron chi connectivity index (χ3n) is 4.31. The Morgan fingerprint density at radius 3 is 2.60 bits per heavy atom. The molecule has 5 nitrogen and oxygen atoms in total. The summed E-state index contributed by atoms with van der Waals surface area (Å²) >= 11 is 0. The van der Waals surface area contributed by atoms with Crippen LogP contribution < -0.4 is 10.9 Å². The van der Waals surface area contributed by atoms with Crippen LogP contribution in [0.15, 0.2) is 59.4 Å². The van der Waals surface area contributed by atoms with Crippen LogP contribution in [0.2, 0.25) is 0 Å². The van der Waals surface area contributed by atoms with Crippen LogP contribution in [-0.2, 0) is 6.42 Å². The van der Waals surface area contributed by atoms with E-state index in [-0.39, 0.29) is 17.4 Å². The molecule has 0 fully saturated rings. The van der Waals surface area contributed by atoms with Gasteiger partial charge in [0.05, 0.1) is 11.6 Å². The standard InChI is InChI=1S/C20H22N2O3/c1-13(11-14-5-3-2-4-6-14)21-12-18(24)15-7-9-17(23)20-16(15)8-10-19(25)22-20/h2-10,13,18,21,23-24H,11-12H2,1H3,(H,22,25)/t13?,18-/m0/s1. The van der Waals surface area contributed by atoms with Crippen molar-refractivity contribution < 1.29 is 10.2 Å². The lowest BCUT2D eigenvalue weighted by atomic mass is 10.0. The first-order chi connectivity index (χ1) is 12.0. The minimum absolute atomic E-state index is 0.00550. The summed E-state index contributed by atoms with van der Waals surface area (Å²) in [4.78, 5) is 14.1. The zero-order chi connectivity index (χ0) is 17.8. The number of pyridine rings is 1. The van der Waals surface area contributed by atoms with Gasteiger partial charge in [0.15, 0.2) is 0 Å². The van der Waals surface area contributed by atoms with Crippen molar-refractivity contribution in [3.05, 3.63) is 76.1 Å². The number of aliphatic hydroxyl groups excluding tert-OH is 1. The number of benzene rings is 2. The van der Waals surface area contributed by atoms with E-state index in [0.29, 0.717) is 23.0 Å². The van der Waals surface area contributed by atoms with Crippen molar-refractivity contribution in [3.8, 4) is 5.75 Å². The van der Waals surface area contributed by atoms with Crippen molar-refractivity contribution in [2.75, 3.05) is 6.54 Å². The summed E-state index contributed by atoms with van der Waals surface area (Å²) in [6, 6.07) is 16.6. The Morgan fingerprint density at radius 1 is 1.08 bits per heavy atom. The van der Waals surface area contributed by atoms with E-state index < -0.39 is 6.10 Å². The SMILES string of the molecule is CC(Cc1ccccc1)NC[C@H](O)c1ccc(O)c2[nH]c(=O)ccc12. The molecule has 0 amide bonds. The van der Waals surface area contributed by atoms with E-state index in [0.717, 1.165) is 6.42 Å². The number of aromatic hydroxyl groups is 1. The lowest BCUT2D eigenvalue weighted by molar-refractivity contribution is 0.172. The number of rotatable bonds is 6. The topological polar surface area (TPSA) is 85.3 Å². The van der Waals surface area contributed by atoms with Crippen molar-refractivity contribution in [3.63, 3.8) is 0 Å². The summed E-state index contributed by atoms with van der Waals surface area (Å²) in [6.45, 7) is 2.46. The van der Waals surface area contributed by atoms with Gasteiger partial charge in [0.25, 0.3) is 0 Å². The number of hydrogen-bond acceptors (Lipinski definition) is 4. The Balaban J connectivity index is 1.71. The van der Waals surface area contributed by atoms with E-state index in [1.54, 1.807) is 12.1 Å². The number of aromatic nitrogens is 1. The molecule has 1 heterocycles. The Kier molecular flexibility index (Phi) is 5.16. The van der Waals surface area contributed by atoms with Crippen LogP contribution in [0.3, 0.4) is 0 Å². The first-order valence-corrected chi connectivity index (χ1v) is 8.35. The highest BCUT2D eigenvalue weighted by atomic mass is 16.3. The van der Waals surface area contributed by atoms with Gasteiger partial charge in [-0.25, -0.2) is 0 Å². The average molecular weight is 338 g/mol. The number of nitrogens with one attached hydrogen (secondary N) is 2. The zero-order valence-corrected chi connectivity index (χ0v) is 14.1. The molecule has 1 aromatic heterocycles. The highest BCUT2D eigenvalue weighted by Crippen LogP contribution is 2.28. The Labute approximate surface area is 146 Å². The largest absolute Gasteiger partial charge is 0.506 e. The van der Waals surface area contributed by atoms with E-state index in [9.17, 15) is 15.0 Å². The third kappa shape index (κ3) is 4.07. The fraction of sp³-hybridized carbons (Fsp3) is 0.250. The zero-order valence-electron chi connectivity index (χ0n) is 14.1. The summed E-state index contributed by atoms with van der Waals surface area (Å²) in [5.74, 6) is -0.00550. The predicted molar refractivity (Wildman–Crippen MR) is 98.8 cm³/mol. The van der Waals surface area contributed by atoms with Gasteiger partial charge in [-0.15, -0.1) is 0 Å². The first-order valence-electron chi connectivity index (χ1n) is 8.35. The Morgan fingerprint density at radius 2 is 1.84 bits per heavy atom. The van der Waals surface area contributed by atoms with Gasteiger partial charge >= 0.3 is 0 Å². The maximum atomic E-state index is 11.5. The monoisotopic (exact) mass is 338 g/mol. The molecule has 0 bridgehead atoms. The molecule has 0 aliphatic heterocycles. The van der Waals surface area contributed by atoms with Gasteiger partial charge in [0.1, 0.15) is 5.75 Å². The van der Waals surface area contributed by atoms with Gasteiger partial charge in [0, 0.05) is 24.0 Å². The molecule has 25 heavy (non-hydrogen) atoms. The molecule has 0 aliphatic carbocycles. The minimum Gasteiger partial charge on any atom is -0.506 e. The molecule has 0 saturated carbocycles. The van der Waals surface area contributed by atoms with Crippen molar-refractivity contribution in [1.82, 2.24) is 10.3 Å². The lowest BCUT2D eigenvalue weighted by Crippen LogP contribution is -2.32. The summed E-state index contributed by atoms with van der Waals surface area (Å²) < 4.78 is 0. The van der Waals surface area contributed by atoms with Crippen molar-refractivity contribution in [1.29, 1.82) is 0 Å². The van der Waals surface area contributed by atoms with Gasteiger partial charge < -0.3 is 20.5 Å². The second-order valence-corrected chi connectivity index (χ2v) is 6.30. The van der Waals surface area contributed by atoms with E-state index in [2.05, 4.69) is 29.4 Å². The number of aromatic amines is 1. The van der Waals surface area contributed by atoms with Gasteiger partial charge in [-0.3, -0.25) is 4.79 Å². The first kappa shape index (κ1) is 17.2. The summed E-state index contributed by atoms with van der Waals surface area (Å²) in [5, 5.41) is 24.5. The molecular weight excluding hydrogens is 316 g/mol. The highest BCUT2D eigenvalue weighted by molar-refractivity contribution is 5.87. The molecule has 2 aromatic carbocycles. The summed E-state index contributed by atoms with van der Waals surface area (Å²) in [5.41, 5.74) is 1.97. The molecule has 0 spiro atoms. The van der Waals surface area contributed by atoms with Crippen LogP contribution in [0.5, 0.6) is 5.75 Å². The normalized spacial score (nSPS) is 13.7. The molecule has 0 saturated heterocycles. The molecule has 0 aliphatic rings. The van der Waals surface area contributed by atoms with Crippen LogP contribution in [0.4, 0.5) is 0 Å². The molecule has 2 atom stereocenters. The van der Waals surface area contributed by atoms with Crippen LogP contribution in [0.1, 0.15) is 24.2 Å². The molecule has 0 radical (unpaired) electrons. The summed E-state index contributed by atoms with van der Waals surface area (Å²) in [7, 11) is 0. The quantitative estimate of drug-likeness (QED) is 0.556. The highest BCUT2D eigenvalue weighted by Gasteiger charge is 2.15. The lowest BCUT2D eigenvalue weighted by Gasteiger charge is -2.19. The Hall–Kier alpha value is -2.63. The van der Waals surface area contributed by atoms with E-state index >= 15 is 0 Å². The molecular formula is C20H22N2O3. The second kappa shape index (κ2) is 7.51. The molecule has 3 rings (SSSR count). The van der Waals surface area contributed by atoms with Gasteiger partial charge in [-0.1, -0.05) is 36.4 Å². The van der Waals surface area contributed by atoms with Crippen molar-refractivity contribution in [2.24, 2.45) is 0 Å². The summed E-state index contributed by atoms with van der Waals surface area (Å²) in [6.07, 6.45) is 0.129. The van der Waals surface area contributed by atoms with Gasteiger partial charge in [-0.2, -0.15) is 0 Å². The van der Waals surface area contributed by atoms with E-state index in [1.807, 2.05) is 18.2 Å². The number of fused-ring (bicyclic) bond motifs is 1. The third-order valence-corrected chi connectivity index (χ3v) is 4.31. The number of hydrogen-bond donors (Lipinski definition) is 4. The van der Waals surface area contributed by atoms with Crippen LogP contribution in [0.25, 0.3) is 10.9 Å². The molecule has 5 heteroatoms. The number of phenolic OH excluding ortho intramolecular Hbond substituents is 1. The minimum atomic E-state index is -0.743. The molecule has 3 aromatic rings. The average Bonchev–Trinajstić information content (AvgIpc) is 2.61. The smallest absolute Gasteiger partial charge is 0.248 e. The van der Waals surface area contributed by atoms with Crippen molar-refractivity contribution >= 4 is 10.9 Å². The predicted octanol–water partition coefficient (Wildman–Crippen LogP) is 2.49. The van der Waals surface area contributed by atoms with Crippen LogP contribution in [0, 0.1) is 0 Å². The van der Waals surface area contributed by atoms with E-state index in [4.69, 9.17) is 0 Å². The number of phenols is 1. The van der Waals surface area contributed by atoms with Gasteiger partial charge in [0.2, 0.25) is 5.56 Å². The fourth-order valence-electron chi connectivity index (χ4n) is 3.01. The molecule has 130 valence electrons. The van der Waals surface area contributed by atoms with Crippen molar-refractivity contribution in [2.45, 2.75) is 25.5 Å². The second-order valence-electron chi connectivity index (χ2n) is 6.30. The number of aliphatic hydroxyl groups is 1.